The van der Waals surface area contributed by atoms with Gasteiger partial charge in [-0.15, -0.1) is 11.3 Å². The van der Waals surface area contributed by atoms with Crippen LogP contribution in [0.15, 0.2) is 47.6 Å². The van der Waals surface area contributed by atoms with Gasteiger partial charge in [0.15, 0.2) is 0 Å². The minimum Gasteiger partial charge on any atom is -0.494 e. The van der Waals surface area contributed by atoms with Crippen molar-refractivity contribution >= 4 is 49.6 Å². The van der Waals surface area contributed by atoms with Crippen molar-refractivity contribution in [1.82, 2.24) is 14.9 Å². The number of ketones is 1. The number of nitriles is 1. The number of hydrogen-bond donors (Lipinski definition) is 1. The number of thiophene rings is 1. The molecule has 0 aliphatic carbocycles. The molecule has 35 heavy (non-hydrogen) atoms. The standard InChI is InChI=1S/C26H22N4O4S/c1-33-20-13-29-25(34-2)23-22(20)18(12-28-23)24(31)26(32)30-9-7-15(8-10-30)17(11-27)19-14-35-21-6-4-3-5-16(19)21/h3-6,12-14,28H,7-10H2,1-2H3. The van der Waals surface area contributed by atoms with E-state index >= 15 is 0 Å². The lowest BCUT2D eigenvalue weighted by Gasteiger charge is -2.28. The fourth-order valence-corrected chi connectivity index (χ4v) is 5.52. The van der Waals surface area contributed by atoms with Gasteiger partial charge in [-0.2, -0.15) is 5.26 Å². The largest absolute Gasteiger partial charge is 0.494 e. The van der Waals surface area contributed by atoms with Crippen molar-refractivity contribution in [2.75, 3.05) is 27.3 Å². The van der Waals surface area contributed by atoms with Gasteiger partial charge in [-0.1, -0.05) is 18.2 Å². The molecule has 1 aromatic carbocycles. The summed E-state index contributed by atoms with van der Waals surface area (Å²) in [4.78, 5) is 35.0. The summed E-state index contributed by atoms with van der Waals surface area (Å²) in [6.07, 6.45) is 4.04. The molecule has 1 fully saturated rings. The molecule has 4 heterocycles. The molecule has 176 valence electrons. The van der Waals surface area contributed by atoms with Crippen LogP contribution >= 0.6 is 11.3 Å². The topological polar surface area (TPSA) is 108 Å². The third kappa shape index (κ3) is 3.82. The Balaban J connectivity index is 1.39. The van der Waals surface area contributed by atoms with Crippen molar-refractivity contribution in [3.8, 4) is 17.7 Å². The number of carbonyl (C=O) groups is 2. The number of rotatable bonds is 5. The molecule has 1 amide bonds. The normalized spacial score (nSPS) is 13.6. The number of benzene rings is 1. The van der Waals surface area contributed by atoms with Crippen LogP contribution in [0.1, 0.15) is 28.8 Å². The van der Waals surface area contributed by atoms with Gasteiger partial charge in [0.05, 0.1) is 43.0 Å². The quantitative estimate of drug-likeness (QED) is 0.251. The highest BCUT2D eigenvalue weighted by molar-refractivity contribution is 7.17. The first-order valence-corrected chi connectivity index (χ1v) is 12.0. The predicted octanol–water partition coefficient (Wildman–Crippen LogP) is 4.58. The second kappa shape index (κ2) is 9.24. The van der Waals surface area contributed by atoms with Crippen LogP contribution in [0.2, 0.25) is 0 Å². The van der Waals surface area contributed by atoms with Gasteiger partial charge < -0.3 is 19.4 Å². The zero-order chi connectivity index (χ0) is 24.5. The van der Waals surface area contributed by atoms with Crippen LogP contribution in [0.5, 0.6) is 11.6 Å². The number of piperidine rings is 1. The maximum Gasteiger partial charge on any atom is 0.295 e. The lowest BCUT2D eigenvalue weighted by molar-refractivity contribution is -0.126. The third-order valence-corrected chi connectivity index (χ3v) is 7.32. The van der Waals surface area contributed by atoms with E-state index in [1.165, 1.54) is 26.6 Å². The fraction of sp³-hybridized carbons (Fsp3) is 0.231. The molecular formula is C26H22N4O4S. The number of hydrogen-bond acceptors (Lipinski definition) is 7. The molecule has 1 aliphatic rings. The van der Waals surface area contributed by atoms with E-state index in [1.54, 1.807) is 16.2 Å². The zero-order valence-corrected chi connectivity index (χ0v) is 20.1. The number of allylic oxidation sites excluding steroid dienone is 1. The van der Waals surface area contributed by atoms with Gasteiger partial charge in [0.1, 0.15) is 11.3 Å². The van der Waals surface area contributed by atoms with E-state index < -0.39 is 11.7 Å². The van der Waals surface area contributed by atoms with Gasteiger partial charge in [-0.25, -0.2) is 4.98 Å². The van der Waals surface area contributed by atoms with Gasteiger partial charge in [0.2, 0.25) is 5.88 Å². The second-order valence-electron chi connectivity index (χ2n) is 8.15. The monoisotopic (exact) mass is 486 g/mol. The number of fused-ring (bicyclic) bond motifs is 2. The van der Waals surface area contributed by atoms with E-state index in [0.29, 0.717) is 54.0 Å². The van der Waals surface area contributed by atoms with Crippen molar-refractivity contribution in [2.45, 2.75) is 12.8 Å². The van der Waals surface area contributed by atoms with Crippen molar-refractivity contribution in [3.05, 3.63) is 58.7 Å². The maximum atomic E-state index is 13.2. The minimum absolute atomic E-state index is 0.214. The highest BCUT2D eigenvalue weighted by Crippen LogP contribution is 2.36. The Morgan fingerprint density at radius 3 is 2.63 bits per heavy atom. The summed E-state index contributed by atoms with van der Waals surface area (Å²) in [7, 11) is 2.96. The summed E-state index contributed by atoms with van der Waals surface area (Å²) in [5.41, 5.74) is 3.33. The van der Waals surface area contributed by atoms with Crippen LogP contribution in [0.25, 0.3) is 26.6 Å². The summed E-state index contributed by atoms with van der Waals surface area (Å²) in [5.74, 6) is -0.518. The van der Waals surface area contributed by atoms with E-state index in [4.69, 9.17) is 9.47 Å². The van der Waals surface area contributed by atoms with E-state index in [2.05, 4.69) is 16.0 Å². The summed E-state index contributed by atoms with van der Waals surface area (Å²) < 4.78 is 11.8. The number of nitrogens with zero attached hydrogens (tertiary/aromatic N) is 3. The number of aromatic amines is 1. The first-order chi connectivity index (χ1) is 17.1. The molecule has 0 unspecified atom stereocenters. The van der Waals surface area contributed by atoms with E-state index in [-0.39, 0.29) is 5.56 Å². The van der Waals surface area contributed by atoms with Crippen molar-refractivity contribution < 1.29 is 19.1 Å². The number of carbonyl (C=O) groups excluding carboxylic acids is 2. The molecule has 9 heteroatoms. The van der Waals surface area contributed by atoms with Gasteiger partial charge in [0, 0.05) is 40.3 Å². The van der Waals surface area contributed by atoms with Crippen LogP contribution in [0, 0.1) is 11.3 Å². The first-order valence-electron chi connectivity index (χ1n) is 11.1. The Bertz CT molecular complexity index is 1530. The number of nitrogens with one attached hydrogen (secondary N) is 1. The lowest BCUT2D eigenvalue weighted by atomic mass is 9.93. The summed E-state index contributed by atoms with van der Waals surface area (Å²) in [6.45, 7) is 0.745. The Hall–Kier alpha value is -4.16. The molecule has 0 spiro atoms. The summed E-state index contributed by atoms with van der Waals surface area (Å²) >= 11 is 1.61. The molecule has 3 aromatic heterocycles. The van der Waals surface area contributed by atoms with Gasteiger partial charge in [-0.3, -0.25) is 9.59 Å². The number of ether oxygens (including phenoxy) is 2. The highest BCUT2D eigenvalue weighted by Gasteiger charge is 2.30. The molecular weight excluding hydrogens is 464 g/mol. The molecule has 0 bridgehead atoms. The average molecular weight is 487 g/mol. The van der Waals surface area contributed by atoms with Crippen LogP contribution in [0.4, 0.5) is 0 Å². The van der Waals surface area contributed by atoms with E-state index in [1.807, 2.05) is 29.6 Å². The number of Topliss-reactive ketones (excluding diaryl/α,β-unsaturated/α-hetero) is 1. The summed E-state index contributed by atoms with van der Waals surface area (Å²) in [5, 5.41) is 13.5. The van der Waals surface area contributed by atoms with E-state index in [9.17, 15) is 14.9 Å². The number of methoxy groups -OCH3 is 2. The number of amides is 1. The van der Waals surface area contributed by atoms with Crippen molar-refractivity contribution in [2.24, 2.45) is 0 Å². The Kier molecular flexibility index (Phi) is 5.97. The van der Waals surface area contributed by atoms with Crippen LogP contribution in [-0.2, 0) is 4.79 Å². The second-order valence-corrected chi connectivity index (χ2v) is 9.06. The molecule has 4 aromatic rings. The minimum atomic E-state index is -0.625. The van der Waals surface area contributed by atoms with Crippen LogP contribution < -0.4 is 9.47 Å². The van der Waals surface area contributed by atoms with Gasteiger partial charge in [-0.05, 0) is 24.5 Å². The number of likely N-dealkylation sites (tertiary alicyclic amines) is 1. The lowest BCUT2D eigenvalue weighted by Crippen LogP contribution is -2.40. The predicted molar refractivity (Wildman–Crippen MR) is 134 cm³/mol. The maximum absolute atomic E-state index is 13.2. The molecule has 1 aliphatic heterocycles. The van der Waals surface area contributed by atoms with Gasteiger partial charge in [0.25, 0.3) is 11.7 Å². The summed E-state index contributed by atoms with van der Waals surface area (Å²) in [6, 6.07) is 10.4. The third-order valence-electron chi connectivity index (χ3n) is 6.36. The number of aromatic nitrogens is 2. The zero-order valence-electron chi connectivity index (χ0n) is 19.3. The molecule has 0 saturated carbocycles. The molecule has 8 nitrogen and oxygen atoms in total. The molecule has 1 N–H and O–H groups in total. The fourth-order valence-electron chi connectivity index (χ4n) is 4.57. The molecule has 0 atom stereocenters. The molecule has 0 radical (unpaired) electrons. The van der Waals surface area contributed by atoms with Crippen LogP contribution in [-0.4, -0.2) is 53.9 Å². The van der Waals surface area contributed by atoms with Crippen LogP contribution in [0.3, 0.4) is 0 Å². The van der Waals surface area contributed by atoms with Gasteiger partial charge >= 0.3 is 0 Å². The average Bonchev–Trinajstić information content (AvgIpc) is 3.54. The number of H-pyrrole nitrogens is 1. The Labute approximate surface area is 205 Å². The Morgan fingerprint density at radius 1 is 1.14 bits per heavy atom. The smallest absolute Gasteiger partial charge is 0.295 e. The molecule has 5 rings (SSSR count). The molecule has 1 saturated heterocycles. The van der Waals surface area contributed by atoms with Crippen molar-refractivity contribution in [3.63, 3.8) is 0 Å². The Morgan fingerprint density at radius 2 is 1.91 bits per heavy atom. The SMILES string of the molecule is COc1ncc(OC)c2c(C(=O)C(=O)N3CCC(=C(C#N)c4csc5ccccc45)CC3)c[nH]c12. The van der Waals surface area contributed by atoms with E-state index in [0.717, 1.165) is 21.2 Å². The van der Waals surface area contributed by atoms with Crippen molar-refractivity contribution in [1.29, 1.82) is 5.26 Å². The highest BCUT2D eigenvalue weighted by atomic mass is 32.1. The first kappa shape index (κ1) is 22.6. The number of pyridine rings is 1.